The van der Waals surface area contributed by atoms with Crippen molar-refractivity contribution in [3.05, 3.63) is 28.7 Å². The van der Waals surface area contributed by atoms with Crippen molar-refractivity contribution in [2.45, 2.75) is 23.8 Å². The highest BCUT2D eigenvalue weighted by atomic mass is 79.9. The van der Waals surface area contributed by atoms with Crippen LogP contribution in [-0.4, -0.2) is 17.7 Å². The second-order valence-corrected chi connectivity index (χ2v) is 5.43. The highest BCUT2D eigenvalue weighted by molar-refractivity contribution is 9.10. The predicted molar refractivity (Wildman–Crippen MR) is 66.0 cm³/mol. The van der Waals surface area contributed by atoms with Crippen LogP contribution in [0.25, 0.3) is 0 Å². The van der Waals surface area contributed by atoms with Crippen LogP contribution in [0.4, 0.5) is 0 Å². The van der Waals surface area contributed by atoms with Gasteiger partial charge in [-0.1, -0.05) is 12.1 Å². The topological polar surface area (TPSA) is 29.1 Å². The molecule has 0 atom stereocenters. The average molecular weight is 286 g/mol. The standard InChI is InChI=1S/C11H12BrNOS/c12-9-3-1-2-4-10(9)15-7-11(14)13-8-5-6-8/h1-4,8H,5-7H2,(H,13,14). The maximum atomic E-state index is 11.4. The first kappa shape index (κ1) is 11.0. The fourth-order valence-electron chi connectivity index (χ4n) is 1.20. The highest BCUT2D eigenvalue weighted by Gasteiger charge is 2.22. The van der Waals surface area contributed by atoms with E-state index in [2.05, 4.69) is 21.2 Å². The van der Waals surface area contributed by atoms with E-state index < -0.39 is 0 Å². The molecule has 2 rings (SSSR count). The first-order chi connectivity index (χ1) is 7.25. The maximum absolute atomic E-state index is 11.4. The molecule has 80 valence electrons. The number of benzene rings is 1. The van der Waals surface area contributed by atoms with Gasteiger partial charge in [0.15, 0.2) is 0 Å². The van der Waals surface area contributed by atoms with Gasteiger partial charge < -0.3 is 5.32 Å². The van der Waals surface area contributed by atoms with Crippen molar-refractivity contribution in [3.8, 4) is 0 Å². The number of nitrogens with one attached hydrogen (secondary N) is 1. The summed E-state index contributed by atoms with van der Waals surface area (Å²) in [7, 11) is 0. The molecule has 0 saturated heterocycles. The fraction of sp³-hybridized carbons (Fsp3) is 0.364. The third kappa shape index (κ3) is 3.54. The van der Waals surface area contributed by atoms with E-state index >= 15 is 0 Å². The number of carbonyl (C=O) groups excluding carboxylic acids is 1. The number of halogens is 1. The first-order valence-electron chi connectivity index (χ1n) is 4.92. The van der Waals surface area contributed by atoms with Crippen LogP contribution in [0.15, 0.2) is 33.6 Å². The molecular formula is C11H12BrNOS. The Bertz CT molecular complexity index is 365. The van der Waals surface area contributed by atoms with E-state index in [0.717, 1.165) is 22.2 Å². The van der Waals surface area contributed by atoms with Gasteiger partial charge in [-0.15, -0.1) is 11.8 Å². The summed E-state index contributed by atoms with van der Waals surface area (Å²) in [6, 6.07) is 8.40. The third-order valence-electron chi connectivity index (χ3n) is 2.14. The second kappa shape index (κ2) is 5.03. The van der Waals surface area contributed by atoms with Crippen LogP contribution >= 0.6 is 27.7 Å². The number of hydrogen-bond donors (Lipinski definition) is 1. The maximum Gasteiger partial charge on any atom is 0.230 e. The van der Waals surface area contributed by atoms with Gasteiger partial charge in [0.1, 0.15) is 0 Å². The van der Waals surface area contributed by atoms with E-state index in [4.69, 9.17) is 0 Å². The second-order valence-electron chi connectivity index (χ2n) is 3.56. The fourth-order valence-corrected chi connectivity index (χ4v) is 2.58. The molecule has 1 aromatic rings. The van der Waals surface area contributed by atoms with E-state index in [0.29, 0.717) is 11.8 Å². The van der Waals surface area contributed by atoms with E-state index in [1.54, 1.807) is 11.8 Å². The molecule has 0 aromatic heterocycles. The summed E-state index contributed by atoms with van der Waals surface area (Å²) < 4.78 is 1.05. The van der Waals surface area contributed by atoms with Gasteiger partial charge in [-0.05, 0) is 40.9 Å². The molecule has 0 aliphatic heterocycles. The minimum absolute atomic E-state index is 0.137. The van der Waals surface area contributed by atoms with Gasteiger partial charge in [-0.2, -0.15) is 0 Å². The van der Waals surface area contributed by atoms with Crippen LogP contribution in [0.3, 0.4) is 0 Å². The van der Waals surface area contributed by atoms with E-state index in [1.807, 2.05) is 24.3 Å². The molecule has 1 fully saturated rings. The van der Waals surface area contributed by atoms with Gasteiger partial charge >= 0.3 is 0 Å². The minimum Gasteiger partial charge on any atom is -0.353 e. The molecule has 2 nitrogen and oxygen atoms in total. The first-order valence-corrected chi connectivity index (χ1v) is 6.70. The SMILES string of the molecule is O=C(CSc1ccccc1Br)NC1CC1. The lowest BCUT2D eigenvalue weighted by atomic mass is 10.4. The van der Waals surface area contributed by atoms with Crippen molar-refractivity contribution < 1.29 is 4.79 Å². The van der Waals surface area contributed by atoms with Gasteiger partial charge in [-0.3, -0.25) is 4.79 Å². The van der Waals surface area contributed by atoms with Crippen LogP contribution in [-0.2, 0) is 4.79 Å². The molecule has 1 aliphatic rings. The molecule has 0 bridgehead atoms. The van der Waals surface area contributed by atoms with Gasteiger partial charge in [0, 0.05) is 15.4 Å². The lowest BCUT2D eigenvalue weighted by Gasteiger charge is -2.04. The monoisotopic (exact) mass is 285 g/mol. The molecule has 1 saturated carbocycles. The largest absolute Gasteiger partial charge is 0.353 e. The number of rotatable bonds is 4. The summed E-state index contributed by atoms with van der Waals surface area (Å²) in [6.45, 7) is 0. The number of amides is 1. The van der Waals surface area contributed by atoms with E-state index in [9.17, 15) is 4.79 Å². The summed E-state index contributed by atoms with van der Waals surface area (Å²) in [5.74, 6) is 0.636. The zero-order valence-electron chi connectivity index (χ0n) is 8.20. The van der Waals surface area contributed by atoms with Gasteiger partial charge in [0.2, 0.25) is 5.91 Å². The molecule has 0 spiro atoms. The molecule has 0 unspecified atom stereocenters. The molecule has 0 radical (unpaired) electrons. The van der Waals surface area contributed by atoms with Crippen LogP contribution in [0.2, 0.25) is 0 Å². The third-order valence-corrected chi connectivity index (χ3v) is 4.17. The Hall–Kier alpha value is -0.480. The van der Waals surface area contributed by atoms with E-state index in [1.165, 1.54) is 0 Å². The predicted octanol–water partition coefficient (Wildman–Crippen LogP) is 2.82. The molecule has 1 N–H and O–H groups in total. The van der Waals surface area contributed by atoms with Crippen LogP contribution in [0, 0.1) is 0 Å². The van der Waals surface area contributed by atoms with Gasteiger partial charge in [0.25, 0.3) is 0 Å². The molecular weight excluding hydrogens is 274 g/mol. The molecule has 1 aromatic carbocycles. The molecule has 1 aliphatic carbocycles. The van der Waals surface area contributed by atoms with Gasteiger partial charge in [0.05, 0.1) is 5.75 Å². The molecule has 15 heavy (non-hydrogen) atoms. The number of carbonyl (C=O) groups is 1. The van der Waals surface area contributed by atoms with Crippen LogP contribution < -0.4 is 5.32 Å². The quantitative estimate of drug-likeness (QED) is 0.862. The summed E-state index contributed by atoms with van der Waals surface area (Å²) in [5.41, 5.74) is 0. The molecule has 4 heteroatoms. The smallest absolute Gasteiger partial charge is 0.230 e. The summed E-state index contributed by atoms with van der Waals surface area (Å²) in [5, 5.41) is 2.97. The lowest BCUT2D eigenvalue weighted by Crippen LogP contribution is -2.26. The van der Waals surface area contributed by atoms with Crippen LogP contribution in [0.5, 0.6) is 0 Å². The Balaban J connectivity index is 1.81. The Kier molecular flexibility index (Phi) is 3.70. The Labute approximate surface area is 102 Å². The normalized spacial score (nSPS) is 15.0. The molecule has 1 amide bonds. The van der Waals surface area contributed by atoms with Crippen molar-refractivity contribution in [3.63, 3.8) is 0 Å². The van der Waals surface area contributed by atoms with Gasteiger partial charge in [-0.25, -0.2) is 0 Å². The minimum atomic E-state index is 0.137. The Morgan fingerprint density at radius 2 is 2.20 bits per heavy atom. The summed E-state index contributed by atoms with van der Waals surface area (Å²) in [4.78, 5) is 12.5. The number of hydrogen-bond acceptors (Lipinski definition) is 2. The lowest BCUT2D eigenvalue weighted by molar-refractivity contribution is -0.118. The Morgan fingerprint density at radius 3 is 2.87 bits per heavy atom. The highest BCUT2D eigenvalue weighted by Crippen LogP contribution is 2.27. The summed E-state index contributed by atoms with van der Waals surface area (Å²) >= 11 is 5.02. The van der Waals surface area contributed by atoms with Crippen molar-refractivity contribution in [2.75, 3.05) is 5.75 Å². The van der Waals surface area contributed by atoms with Crippen molar-refractivity contribution >= 4 is 33.6 Å². The van der Waals surface area contributed by atoms with Crippen LogP contribution in [0.1, 0.15) is 12.8 Å². The van der Waals surface area contributed by atoms with Crippen molar-refractivity contribution in [1.82, 2.24) is 5.32 Å². The summed E-state index contributed by atoms with van der Waals surface area (Å²) in [6.07, 6.45) is 2.29. The van der Waals surface area contributed by atoms with Crippen molar-refractivity contribution in [1.29, 1.82) is 0 Å². The zero-order chi connectivity index (χ0) is 10.7. The average Bonchev–Trinajstić information content (AvgIpc) is 3.00. The van der Waals surface area contributed by atoms with Crippen molar-refractivity contribution in [2.24, 2.45) is 0 Å². The van der Waals surface area contributed by atoms with E-state index in [-0.39, 0.29) is 5.91 Å². The number of thioether (sulfide) groups is 1. The Morgan fingerprint density at radius 1 is 1.47 bits per heavy atom. The molecule has 0 heterocycles. The zero-order valence-corrected chi connectivity index (χ0v) is 10.6.